The van der Waals surface area contributed by atoms with Crippen molar-refractivity contribution in [2.45, 2.75) is 32.7 Å². The highest BCUT2D eigenvalue weighted by Gasteiger charge is 2.21. The number of carbonyl (C=O) groups is 1. The lowest BCUT2D eigenvalue weighted by Crippen LogP contribution is -2.24. The summed E-state index contributed by atoms with van der Waals surface area (Å²) >= 11 is 6.88. The highest BCUT2D eigenvalue weighted by Crippen LogP contribution is 2.26. The van der Waals surface area contributed by atoms with E-state index in [4.69, 9.17) is 12.2 Å². The van der Waals surface area contributed by atoms with E-state index in [1.54, 1.807) is 15.9 Å². The van der Waals surface area contributed by atoms with Gasteiger partial charge in [-0.2, -0.15) is 5.10 Å². The molecule has 3 rings (SSSR count). The molecule has 25 heavy (non-hydrogen) atoms. The third kappa shape index (κ3) is 3.72. The Bertz CT molecular complexity index is 907. The number of thiophene rings is 1. The summed E-state index contributed by atoms with van der Waals surface area (Å²) < 4.78 is 2.18. The number of nitrogens with zero attached hydrogens (tertiary/aromatic N) is 2. The Morgan fingerprint density at radius 1 is 1.24 bits per heavy atom. The molecular weight excluding hydrogens is 352 g/mol. The first-order valence-electron chi connectivity index (χ1n) is 8.09. The summed E-state index contributed by atoms with van der Waals surface area (Å²) in [6.07, 6.45) is 0. The molecule has 1 aromatic carbocycles. The van der Waals surface area contributed by atoms with Crippen LogP contribution in [-0.4, -0.2) is 20.7 Å². The number of hydrogen-bond acceptors (Lipinski definition) is 4. The number of H-pyrrole nitrogens is 1. The van der Waals surface area contributed by atoms with Crippen molar-refractivity contribution in [3.63, 3.8) is 0 Å². The van der Waals surface area contributed by atoms with Crippen LogP contribution in [0.1, 0.15) is 38.3 Å². The van der Waals surface area contributed by atoms with Crippen LogP contribution in [0, 0.1) is 4.77 Å². The number of amides is 1. The number of nitrogens with one attached hydrogen (secondary N) is 2. The van der Waals surface area contributed by atoms with Crippen molar-refractivity contribution in [2.24, 2.45) is 0 Å². The van der Waals surface area contributed by atoms with Gasteiger partial charge in [0.1, 0.15) is 6.04 Å². The summed E-state index contributed by atoms with van der Waals surface area (Å²) in [5, 5.41) is 12.0. The van der Waals surface area contributed by atoms with Crippen LogP contribution in [0.5, 0.6) is 0 Å². The van der Waals surface area contributed by atoms with E-state index in [1.807, 2.05) is 48.7 Å². The zero-order valence-electron chi connectivity index (χ0n) is 14.3. The minimum absolute atomic E-state index is 0.132. The van der Waals surface area contributed by atoms with Crippen LogP contribution in [0.15, 0.2) is 41.8 Å². The van der Waals surface area contributed by atoms with E-state index in [1.165, 1.54) is 5.56 Å². The van der Waals surface area contributed by atoms with Crippen molar-refractivity contribution in [3.8, 4) is 10.7 Å². The zero-order chi connectivity index (χ0) is 18.0. The van der Waals surface area contributed by atoms with E-state index in [9.17, 15) is 4.79 Å². The van der Waals surface area contributed by atoms with Crippen LogP contribution in [0.3, 0.4) is 0 Å². The molecule has 0 aliphatic heterocycles. The second-order valence-corrected chi connectivity index (χ2v) is 7.48. The zero-order valence-corrected chi connectivity index (χ0v) is 15.9. The van der Waals surface area contributed by atoms with Crippen LogP contribution >= 0.6 is 23.6 Å². The molecule has 0 saturated heterocycles. The molecule has 0 saturated carbocycles. The maximum Gasteiger partial charge on any atom is 0.247 e. The van der Waals surface area contributed by atoms with Crippen LogP contribution in [0.2, 0.25) is 0 Å². The molecule has 0 fully saturated rings. The second kappa shape index (κ2) is 7.33. The molecule has 1 unspecified atom stereocenters. The molecule has 2 N–H and O–H groups in total. The van der Waals surface area contributed by atoms with E-state index in [-0.39, 0.29) is 5.91 Å². The normalized spacial score (nSPS) is 12.3. The molecule has 0 aliphatic carbocycles. The lowest BCUT2D eigenvalue weighted by atomic mass is 10.0. The Kier molecular flexibility index (Phi) is 5.15. The highest BCUT2D eigenvalue weighted by atomic mass is 32.1. The van der Waals surface area contributed by atoms with E-state index in [0.29, 0.717) is 16.5 Å². The van der Waals surface area contributed by atoms with Gasteiger partial charge in [-0.1, -0.05) is 32.0 Å². The van der Waals surface area contributed by atoms with E-state index in [2.05, 4.69) is 29.4 Å². The number of anilines is 1. The molecule has 1 atom stereocenters. The van der Waals surface area contributed by atoms with Gasteiger partial charge < -0.3 is 5.32 Å². The van der Waals surface area contributed by atoms with E-state index in [0.717, 1.165) is 10.6 Å². The monoisotopic (exact) mass is 372 g/mol. The number of aromatic nitrogens is 3. The standard InChI is InChI=1S/C18H20N4OS2/c1-11(2)13-6-8-14(9-7-13)19-17(23)12(3)22-16(20-21-18(22)24)15-5-4-10-25-15/h4-12H,1-3H3,(H,19,23)(H,21,24). The fourth-order valence-corrected chi connectivity index (χ4v) is 3.56. The number of carbonyl (C=O) groups excluding carboxylic acids is 1. The molecule has 5 nitrogen and oxygen atoms in total. The summed E-state index contributed by atoms with van der Waals surface area (Å²) in [4.78, 5) is 13.7. The fourth-order valence-electron chi connectivity index (χ4n) is 2.56. The van der Waals surface area contributed by atoms with Crippen molar-refractivity contribution < 1.29 is 4.79 Å². The lowest BCUT2D eigenvalue weighted by molar-refractivity contribution is -0.118. The van der Waals surface area contributed by atoms with Crippen molar-refractivity contribution in [1.29, 1.82) is 0 Å². The van der Waals surface area contributed by atoms with Gasteiger partial charge in [-0.05, 0) is 54.2 Å². The summed E-state index contributed by atoms with van der Waals surface area (Å²) in [5.41, 5.74) is 2.01. The van der Waals surface area contributed by atoms with Gasteiger partial charge in [0.2, 0.25) is 5.91 Å². The maximum absolute atomic E-state index is 12.7. The number of aromatic amines is 1. The maximum atomic E-state index is 12.7. The first kappa shape index (κ1) is 17.6. The van der Waals surface area contributed by atoms with Crippen LogP contribution in [0.25, 0.3) is 10.7 Å². The van der Waals surface area contributed by atoms with E-state index >= 15 is 0 Å². The minimum Gasteiger partial charge on any atom is -0.324 e. The molecule has 1 amide bonds. The number of hydrogen-bond donors (Lipinski definition) is 2. The van der Waals surface area contributed by atoms with Gasteiger partial charge in [-0.25, -0.2) is 0 Å². The average molecular weight is 373 g/mol. The van der Waals surface area contributed by atoms with Crippen molar-refractivity contribution >= 4 is 35.1 Å². The van der Waals surface area contributed by atoms with Crippen molar-refractivity contribution in [3.05, 3.63) is 52.1 Å². The van der Waals surface area contributed by atoms with Gasteiger partial charge in [-0.3, -0.25) is 14.5 Å². The Labute approximate surface area is 155 Å². The molecule has 0 bridgehead atoms. The van der Waals surface area contributed by atoms with Gasteiger partial charge in [0.05, 0.1) is 4.88 Å². The van der Waals surface area contributed by atoms with Gasteiger partial charge in [0.25, 0.3) is 0 Å². The Balaban J connectivity index is 1.81. The average Bonchev–Trinajstić information content (AvgIpc) is 3.24. The molecule has 0 spiro atoms. The predicted octanol–water partition coefficient (Wildman–Crippen LogP) is 4.99. The van der Waals surface area contributed by atoms with Gasteiger partial charge in [0, 0.05) is 5.69 Å². The molecule has 130 valence electrons. The number of benzene rings is 1. The number of rotatable bonds is 5. The largest absolute Gasteiger partial charge is 0.324 e. The predicted molar refractivity (Wildman–Crippen MR) is 105 cm³/mol. The van der Waals surface area contributed by atoms with Gasteiger partial charge in [-0.15, -0.1) is 11.3 Å². The molecular formula is C18H20N4OS2. The fraction of sp³-hybridized carbons (Fsp3) is 0.278. The first-order chi connectivity index (χ1) is 12.0. The third-order valence-corrected chi connectivity index (χ3v) is 5.21. The molecule has 2 heterocycles. The van der Waals surface area contributed by atoms with Gasteiger partial charge in [0.15, 0.2) is 10.6 Å². The van der Waals surface area contributed by atoms with Crippen LogP contribution < -0.4 is 5.32 Å². The van der Waals surface area contributed by atoms with E-state index < -0.39 is 6.04 Å². The van der Waals surface area contributed by atoms with Gasteiger partial charge >= 0.3 is 0 Å². The quantitative estimate of drug-likeness (QED) is 0.620. The SMILES string of the molecule is CC(C)c1ccc(NC(=O)C(C)n2c(-c3cccs3)n[nH]c2=S)cc1. The summed E-state index contributed by atoms with van der Waals surface area (Å²) in [6, 6.07) is 11.3. The Hall–Kier alpha value is -2.25. The van der Waals surface area contributed by atoms with Crippen LogP contribution in [-0.2, 0) is 4.79 Å². The van der Waals surface area contributed by atoms with Crippen LogP contribution in [0.4, 0.5) is 5.69 Å². The lowest BCUT2D eigenvalue weighted by Gasteiger charge is -2.15. The molecule has 0 radical (unpaired) electrons. The highest BCUT2D eigenvalue weighted by molar-refractivity contribution is 7.71. The smallest absolute Gasteiger partial charge is 0.247 e. The second-order valence-electron chi connectivity index (χ2n) is 6.14. The Morgan fingerprint density at radius 2 is 1.96 bits per heavy atom. The molecule has 0 aliphatic rings. The molecule has 3 aromatic rings. The summed E-state index contributed by atoms with van der Waals surface area (Å²) in [6.45, 7) is 6.10. The summed E-state index contributed by atoms with van der Waals surface area (Å²) in [5.74, 6) is 1.01. The van der Waals surface area contributed by atoms with Crippen molar-refractivity contribution in [2.75, 3.05) is 5.32 Å². The molecule has 7 heteroatoms. The molecule has 2 aromatic heterocycles. The van der Waals surface area contributed by atoms with Crippen molar-refractivity contribution in [1.82, 2.24) is 14.8 Å². The first-order valence-corrected chi connectivity index (χ1v) is 9.37. The Morgan fingerprint density at radius 3 is 2.56 bits per heavy atom. The summed E-state index contributed by atoms with van der Waals surface area (Å²) in [7, 11) is 0. The third-order valence-electron chi connectivity index (χ3n) is 4.06. The topological polar surface area (TPSA) is 62.7 Å². The minimum atomic E-state index is -0.479.